The molecular weight excluding hydrogens is 228 g/mol. The number of sulfone groups is 2. The van der Waals surface area contributed by atoms with Crippen LogP contribution < -0.4 is 10.6 Å². The van der Waals surface area contributed by atoms with E-state index in [2.05, 4.69) is 10.6 Å². The van der Waals surface area contributed by atoms with Crippen molar-refractivity contribution in [1.29, 1.82) is 0 Å². The van der Waals surface area contributed by atoms with Crippen molar-refractivity contribution in [2.45, 2.75) is 10.7 Å². The summed E-state index contributed by atoms with van der Waals surface area (Å²) in [6, 6.07) is 0. The zero-order valence-electron chi connectivity index (χ0n) is 8.02. The van der Waals surface area contributed by atoms with Crippen molar-refractivity contribution < 1.29 is 16.8 Å². The average molecular weight is 242 g/mol. The van der Waals surface area contributed by atoms with Crippen molar-refractivity contribution in [3.8, 4) is 0 Å². The molecule has 2 N–H and O–H groups in total. The summed E-state index contributed by atoms with van der Waals surface area (Å²) in [5.41, 5.74) is 0. The molecule has 1 heterocycles. The third kappa shape index (κ3) is 2.91. The normalized spacial score (nSPS) is 30.1. The van der Waals surface area contributed by atoms with E-state index in [4.69, 9.17) is 0 Å². The van der Waals surface area contributed by atoms with Gasteiger partial charge in [0.05, 0.1) is 0 Å². The van der Waals surface area contributed by atoms with Gasteiger partial charge in [-0.2, -0.15) is 0 Å². The Kier molecular flexibility index (Phi) is 3.20. The molecule has 8 heteroatoms. The van der Waals surface area contributed by atoms with Gasteiger partial charge in [0.2, 0.25) is 0 Å². The molecule has 14 heavy (non-hydrogen) atoms. The quantitative estimate of drug-likeness (QED) is 0.577. The summed E-state index contributed by atoms with van der Waals surface area (Å²) in [4.78, 5) is 0. The highest BCUT2D eigenvalue weighted by Crippen LogP contribution is 2.03. The van der Waals surface area contributed by atoms with Crippen molar-refractivity contribution in [3.05, 3.63) is 0 Å². The summed E-state index contributed by atoms with van der Waals surface area (Å²) >= 11 is 0. The zero-order chi connectivity index (χ0) is 11.0. The average Bonchev–Trinajstić information content (AvgIpc) is 2.01. The van der Waals surface area contributed by atoms with E-state index < -0.39 is 30.4 Å². The first-order valence-electron chi connectivity index (χ1n) is 4.06. The van der Waals surface area contributed by atoms with Crippen LogP contribution in [0.5, 0.6) is 0 Å². The van der Waals surface area contributed by atoms with E-state index in [1.807, 2.05) is 0 Å². The largest absolute Gasteiger partial charge is 0.297 e. The van der Waals surface area contributed by atoms with Gasteiger partial charge in [-0.15, -0.1) is 0 Å². The van der Waals surface area contributed by atoms with Crippen LogP contribution >= 0.6 is 0 Å². The van der Waals surface area contributed by atoms with Gasteiger partial charge in [0.15, 0.2) is 19.7 Å². The van der Waals surface area contributed by atoms with E-state index in [0.717, 1.165) is 12.5 Å². The Morgan fingerprint density at radius 2 is 1.14 bits per heavy atom. The fraction of sp³-hybridized carbons (Fsp3) is 1.00. The Bertz CT molecular complexity index is 352. The number of hydrogen-bond acceptors (Lipinski definition) is 6. The molecule has 0 aromatic heterocycles. The van der Waals surface area contributed by atoms with Crippen LogP contribution in [0.3, 0.4) is 0 Å². The zero-order valence-corrected chi connectivity index (χ0v) is 9.65. The van der Waals surface area contributed by atoms with Crippen LogP contribution in [0.25, 0.3) is 0 Å². The molecule has 0 saturated carbocycles. The van der Waals surface area contributed by atoms with Crippen LogP contribution in [0.2, 0.25) is 0 Å². The lowest BCUT2D eigenvalue weighted by molar-refractivity contribution is 0.440. The molecule has 2 atom stereocenters. The molecule has 1 aliphatic heterocycles. The second kappa shape index (κ2) is 3.76. The van der Waals surface area contributed by atoms with Gasteiger partial charge in [-0.1, -0.05) is 0 Å². The van der Waals surface area contributed by atoms with Crippen LogP contribution in [0.4, 0.5) is 0 Å². The van der Waals surface area contributed by atoms with Gasteiger partial charge in [0.1, 0.15) is 10.7 Å². The fourth-order valence-corrected chi connectivity index (χ4v) is 2.82. The van der Waals surface area contributed by atoms with Crippen molar-refractivity contribution in [3.63, 3.8) is 0 Å². The Morgan fingerprint density at radius 3 is 1.29 bits per heavy atom. The van der Waals surface area contributed by atoms with Crippen LogP contribution in [0, 0.1) is 0 Å². The minimum Gasteiger partial charge on any atom is -0.297 e. The molecule has 0 bridgehead atoms. The molecule has 1 saturated heterocycles. The predicted octanol–water partition coefficient (Wildman–Crippen LogP) is -2.08. The van der Waals surface area contributed by atoms with E-state index >= 15 is 0 Å². The molecule has 84 valence electrons. The summed E-state index contributed by atoms with van der Waals surface area (Å²) < 4.78 is 44.4. The third-order valence-electron chi connectivity index (χ3n) is 2.10. The number of hydrogen-bond donors (Lipinski definition) is 2. The van der Waals surface area contributed by atoms with E-state index in [1.165, 1.54) is 0 Å². The summed E-state index contributed by atoms with van der Waals surface area (Å²) in [6.07, 6.45) is 2.24. The van der Waals surface area contributed by atoms with Gasteiger partial charge in [-0.25, -0.2) is 16.8 Å². The van der Waals surface area contributed by atoms with Gasteiger partial charge in [0.25, 0.3) is 0 Å². The highest BCUT2D eigenvalue weighted by atomic mass is 32.2. The van der Waals surface area contributed by atoms with Crippen LogP contribution in [0.1, 0.15) is 0 Å². The highest BCUT2D eigenvalue weighted by Gasteiger charge is 2.31. The van der Waals surface area contributed by atoms with Crippen LogP contribution in [0.15, 0.2) is 0 Å². The Hall–Kier alpha value is -0.180. The lowest BCUT2D eigenvalue weighted by Crippen LogP contribution is -2.59. The molecule has 1 aliphatic rings. The van der Waals surface area contributed by atoms with Crippen LogP contribution in [-0.2, 0) is 19.7 Å². The second-order valence-corrected chi connectivity index (χ2v) is 7.91. The molecule has 0 amide bonds. The van der Waals surface area contributed by atoms with E-state index in [-0.39, 0.29) is 13.1 Å². The van der Waals surface area contributed by atoms with Crippen molar-refractivity contribution in [1.82, 2.24) is 10.6 Å². The first-order valence-corrected chi connectivity index (χ1v) is 7.96. The van der Waals surface area contributed by atoms with Crippen molar-refractivity contribution in [2.75, 3.05) is 25.6 Å². The lowest BCUT2D eigenvalue weighted by atomic mass is 10.4. The van der Waals surface area contributed by atoms with E-state index in [1.54, 1.807) is 0 Å². The summed E-state index contributed by atoms with van der Waals surface area (Å²) in [7, 11) is -6.33. The highest BCUT2D eigenvalue weighted by molar-refractivity contribution is 7.91. The molecule has 6 nitrogen and oxygen atoms in total. The molecular formula is C6H14N2O4S2. The van der Waals surface area contributed by atoms with Gasteiger partial charge >= 0.3 is 0 Å². The van der Waals surface area contributed by atoms with Gasteiger partial charge < -0.3 is 0 Å². The second-order valence-electron chi connectivity index (χ2n) is 3.45. The van der Waals surface area contributed by atoms with E-state index in [9.17, 15) is 16.8 Å². The smallest absolute Gasteiger partial charge is 0.164 e. The lowest BCUT2D eigenvalue weighted by Gasteiger charge is -2.28. The number of nitrogens with one attached hydrogen (secondary N) is 2. The minimum atomic E-state index is -3.16. The molecule has 0 aromatic rings. The Labute approximate surface area is 83.9 Å². The molecule has 0 radical (unpaired) electrons. The maximum Gasteiger partial charge on any atom is 0.164 e. The SMILES string of the molecule is CS(=O)(=O)[C@@H]1CN[C@@H](S(C)(=O)=O)CN1. The van der Waals surface area contributed by atoms with Crippen molar-refractivity contribution >= 4 is 19.7 Å². The van der Waals surface area contributed by atoms with Crippen LogP contribution in [-0.4, -0.2) is 53.2 Å². The van der Waals surface area contributed by atoms with E-state index in [0.29, 0.717) is 0 Å². The standard InChI is InChI=1S/C6H14N2O4S2/c1-13(9,10)5-3-8-6(4-7-5)14(2,11)12/h5-8H,3-4H2,1-2H3/t5-,6+. The van der Waals surface area contributed by atoms with Crippen molar-refractivity contribution in [2.24, 2.45) is 0 Å². The molecule has 1 fully saturated rings. The molecule has 1 rings (SSSR count). The topological polar surface area (TPSA) is 92.3 Å². The minimum absolute atomic E-state index is 0.122. The number of piperazine rings is 1. The first-order chi connectivity index (χ1) is 6.21. The summed E-state index contributed by atoms with van der Waals surface area (Å²) in [6.45, 7) is 0.243. The van der Waals surface area contributed by atoms with Gasteiger partial charge in [-0.3, -0.25) is 10.6 Å². The summed E-state index contributed by atoms with van der Waals surface area (Å²) in [5.74, 6) is 0. The first kappa shape index (κ1) is 11.9. The monoisotopic (exact) mass is 242 g/mol. The molecule has 0 aromatic carbocycles. The van der Waals surface area contributed by atoms with Gasteiger partial charge in [-0.05, 0) is 0 Å². The molecule has 0 unspecified atom stereocenters. The Balaban J connectivity index is 2.65. The molecule has 0 spiro atoms. The fourth-order valence-electron chi connectivity index (χ4n) is 1.23. The van der Waals surface area contributed by atoms with Gasteiger partial charge in [0, 0.05) is 25.6 Å². The third-order valence-corrected chi connectivity index (χ3v) is 4.83. The predicted molar refractivity (Wildman–Crippen MR) is 53.3 cm³/mol. The molecule has 0 aliphatic carbocycles. The Morgan fingerprint density at radius 1 is 0.857 bits per heavy atom. The number of rotatable bonds is 2. The maximum absolute atomic E-state index is 11.1. The maximum atomic E-state index is 11.1. The summed E-state index contributed by atoms with van der Waals surface area (Å²) in [5, 5.41) is 3.98.